The average molecular weight is 294 g/mol. The highest BCUT2D eigenvalue weighted by molar-refractivity contribution is 5.85. The molecule has 0 aliphatic carbocycles. The molecule has 1 amide bonds. The first-order valence-corrected chi connectivity index (χ1v) is 5.59. The lowest BCUT2D eigenvalue weighted by molar-refractivity contribution is -0.121. The molecule has 0 aliphatic rings. The minimum absolute atomic E-state index is 0. The Balaban J connectivity index is 0. The number of rotatable bonds is 6. The van der Waals surface area contributed by atoms with Crippen LogP contribution in [-0.2, 0) is 11.2 Å². The van der Waals surface area contributed by atoms with Crippen molar-refractivity contribution >= 4 is 30.7 Å². The number of hydrogen-bond donors (Lipinski definition) is 2. The molecule has 0 saturated carbocycles. The number of carbonyl (C=O) groups is 1. The van der Waals surface area contributed by atoms with E-state index in [9.17, 15) is 4.79 Å². The summed E-state index contributed by atoms with van der Waals surface area (Å²) in [5, 5.41) is 2.86. The van der Waals surface area contributed by atoms with Crippen LogP contribution < -0.4 is 11.1 Å². The highest BCUT2D eigenvalue weighted by atomic mass is 35.5. The van der Waals surface area contributed by atoms with Crippen molar-refractivity contribution in [3.8, 4) is 0 Å². The fourth-order valence-corrected chi connectivity index (χ4v) is 1.34. The van der Waals surface area contributed by atoms with Crippen molar-refractivity contribution in [2.45, 2.75) is 32.2 Å². The lowest BCUT2D eigenvalue weighted by Crippen LogP contribution is -2.27. The van der Waals surface area contributed by atoms with Gasteiger partial charge >= 0.3 is 0 Å². The van der Waals surface area contributed by atoms with Crippen LogP contribution in [0.4, 0.5) is 0 Å². The van der Waals surface area contributed by atoms with Crippen molar-refractivity contribution in [3.63, 3.8) is 0 Å². The monoisotopic (exact) mass is 293 g/mol. The second-order valence-electron chi connectivity index (χ2n) is 3.98. The maximum absolute atomic E-state index is 11.4. The third-order valence-corrected chi connectivity index (χ3v) is 2.29. The molecule has 1 unspecified atom stereocenters. The van der Waals surface area contributed by atoms with E-state index in [1.807, 2.05) is 25.3 Å². The maximum atomic E-state index is 11.4. The second-order valence-corrected chi connectivity index (χ2v) is 3.98. The summed E-state index contributed by atoms with van der Waals surface area (Å²) in [5.74, 6) is 0.0705. The number of carbonyl (C=O) groups excluding carboxylic acids is 1. The maximum Gasteiger partial charge on any atom is 0.220 e. The van der Waals surface area contributed by atoms with Crippen molar-refractivity contribution in [2.24, 2.45) is 5.73 Å². The first-order chi connectivity index (χ1) is 7.68. The van der Waals surface area contributed by atoms with E-state index >= 15 is 0 Å². The summed E-state index contributed by atoms with van der Waals surface area (Å²) in [6.45, 7) is 2.56. The Labute approximate surface area is 121 Å². The Morgan fingerprint density at radius 2 is 2.22 bits per heavy atom. The van der Waals surface area contributed by atoms with Crippen molar-refractivity contribution < 1.29 is 4.79 Å². The molecule has 0 saturated heterocycles. The molecule has 1 aromatic rings. The van der Waals surface area contributed by atoms with E-state index in [0.29, 0.717) is 13.0 Å². The third kappa shape index (κ3) is 9.22. The van der Waals surface area contributed by atoms with Gasteiger partial charge in [-0.15, -0.1) is 24.8 Å². The van der Waals surface area contributed by atoms with Gasteiger partial charge in [0.2, 0.25) is 5.91 Å². The van der Waals surface area contributed by atoms with Gasteiger partial charge in [-0.05, 0) is 31.4 Å². The van der Waals surface area contributed by atoms with E-state index in [1.54, 1.807) is 6.20 Å². The summed E-state index contributed by atoms with van der Waals surface area (Å²) in [6, 6.07) is 3.98. The van der Waals surface area contributed by atoms with Gasteiger partial charge in [-0.25, -0.2) is 0 Å². The molecule has 6 heteroatoms. The van der Waals surface area contributed by atoms with Crippen molar-refractivity contribution in [2.75, 3.05) is 6.54 Å². The van der Waals surface area contributed by atoms with Gasteiger partial charge in [0.15, 0.2) is 0 Å². The molecule has 0 bridgehead atoms. The van der Waals surface area contributed by atoms with Crippen LogP contribution in [0.3, 0.4) is 0 Å². The van der Waals surface area contributed by atoms with Crippen LogP contribution >= 0.6 is 24.8 Å². The van der Waals surface area contributed by atoms with E-state index < -0.39 is 0 Å². The summed E-state index contributed by atoms with van der Waals surface area (Å²) in [4.78, 5) is 15.4. The number of pyridine rings is 1. The minimum Gasteiger partial charge on any atom is -0.356 e. The predicted octanol–water partition coefficient (Wildman–Crippen LogP) is 1.71. The predicted molar refractivity (Wildman–Crippen MR) is 78.3 cm³/mol. The average Bonchev–Trinajstić information content (AvgIpc) is 2.28. The number of nitrogens with one attached hydrogen (secondary N) is 1. The lowest BCUT2D eigenvalue weighted by Gasteiger charge is -2.06. The number of amides is 1. The first-order valence-electron chi connectivity index (χ1n) is 5.59. The molecular formula is C12H21Cl2N3O. The van der Waals surface area contributed by atoms with Gasteiger partial charge in [-0.2, -0.15) is 0 Å². The van der Waals surface area contributed by atoms with E-state index in [4.69, 9.17) is 5.73 Å². The second kappa shape index (κ2) is 11.3. The molecule has 0 spiro atoms. The summed E-state index contributed by atoms with van der Waals surface area (Å²) in [7, 11) is 0. The summed E-state index contributed by atoms with van der Waals surface area (Å²) < 4.78 is 0. The molecular weight excluding hydrogens is 273 g/mol. The number of hydrogen-bond acceptors (Lipinski definition) is 3. The van der Waals surface area contributed by atoms with Crippen LogP contribution in [0, 0.1) is 0 Å². The molecule has 3 N–H and O–H groups in total. The molecule has 1 heterocycles. The van der Waals surface area contributed by atoms with Gasteiger partial charge in [0.25, 0.3) is 0 Å². The van der Waals surface area contributed by atoms with Crippen molar-refractivity contribution in [3.05, 3.63) is 30.1 Å². The van der Waals surface area contributed by atoms with Crippen LogP contribution in [0.2, 0.25) is 0 Å². The Bertz CT molecular complexity index is 320. The zero-order valence-electron chi connectivity index (χ0n) is 10.5. The summed E-state index contributed by atoms with van der Waals surface area (Å²) in [5.41, 5.74) is 6.71. The van der Waals surface area contributed by atoms with E-state index in [2.05, 4.69) is 10.3 Å². The molecule has 0 radical (unpaired) electrons. The van der Waals surface area contributed by atoms with Crippen LogP contribution in [0.15, 0.2) is 24.5 Å². The topological polar surface area (TPSA) is 68.0 Å². The zero-order valence-corrected chi connectivity index (χ0v) is 12.1. The number of nitrogens with two attached hydrogens (primary N) is 1. The Morgan fingerprint density at radius 1 is 1.50 bits per heavy atom. The number of halogens is 2. The molecule has 1 atom stereocenters. The zero-order chi connectivity index (χ0) is 11.8. The molecule has 104 valence electrons. The van der Waals surface area contributed by atoms with Gasteiger partial charge < -0.3 is 11.1 Å². The van der Waals surface area contributed by atoms with Crippen LogP contribution in [0.25, 0.3) is 0 Å². The quantitative estimate of drug-likeness (QED) is 0.839. The van der Waals surface area contributed by atoms with E-state index in [-0.39, 0.29) is 36.8 Å². The summed E-state index contributed by atoms with van der Waals surface area (Å²) in [6.07, 6.45) is 5.61. The molecule has 18 heavy (non-hydrogen) atoms. The molecule has 0 aromatic carbocycles. The molecule has 1 aromatic heterocycles. The number of aromatic nitrogens is 1. The smallest absolute Gasteiger partial charge is 0.220 e. The highest BCUT2D eigenvalue weighted by Crippen LogP contribution is 1.96. The van der Waals surface area contributed by atoms with Crippen molar-refractivity contribution in [1.82, 2.24) is 10.3 Å². The van der Waals surface area contributed by atoms with Gasteiger partial charge in [-0.3, -0.25) is 9.78 Å². The van der Waals surface area contributed by atoms with Gasteiger partial charge in [0, 0.05) is 31.4 Å². The Kier molecular flexibility index (Phi) is 12.2. The van der Waals surface area contributed by atoms with Gasteiger partial charge in [0.1, 0.15) is 0 Å². The fourth-order valence-electron chi connectivity index (χ4n) is 1.34. The third-order valence-electron chi connectivity index (χ3n) is 2.29. The van der Waals surface area contributed by atoms with Crippen LogP contribution in [0.5, 0.6) is 0 Å². The lowest BCUT2D eigenvalue weighted by atomic mass is 10.2. The molecule has 1 rings (SSSR count). The van der Waals surface area contributed by atoms with E-state index in [0.717, 1.165) is 18.4 Å². The van der Waals surface area contributed by atoms with Crippen molar-refractivity contribution in [1.29, 1.82) is 0 Å². The van der Waals surface area contributed by atoms with E-state index in [1.165, 1.54) is 0 Å². The molecule has 4 nitrogen and oxygen atoms in total. The largest absolute Gasteiger partial charge is 0.356 e. The SMILES string of the molecule is CC(N)CCC(=O)NCCc1cccnc1.Cl.Cl. The number of nitrogens with zero attached hydrogens (tertiary/aromatic N) is 1. The van der Waals surface area contributed by atoms with Gasteiger partial charge in [-0.1, -0.05) is 6.07 Å². The molecule has 0 aliphatic heterocycles. The van der Waals surface area contributed by atoms with Gasteiger partial charge in [0.05, 0.1) is 0 Å². The first kappa shape index (κ1) is 19.5. The standard InChI is InChI=1S/C12H19N3O.2ClH/c1-10(13)4-5-12(16)15-8-6-11-3-2-7-14-9-11;;/h2-3,7,9-10H,4-6,8,13H2,1H3,(H,15,16);2*1H. The highest BCUT2D eigenvalue weighted by Gasteiger charge is 2.02. The molecule has 0 fully saturated rings. The minimum atomic E-state index is 0. The summed E-state index contributed by atoms with van der Waals surface area (Å²) >= 11 is 0. The Hall–Kier alpha value is -0.840. The Morgan fingerprint density at radius 3 is 2.78 bits per heavy atom. The normalized spacial score (nSPS) is 10.8. The van der Waals surface area contributed by atoms with Crippen LogP contribution in [0.1, 0.15) is 25.3 Å². The van der Waals surface area contributed by atoms with Crippen LogP contribution in [-0.4, -0.2) is 23.5 Å². The fraction of sp³-hybridized carbons (Fsp3) is 0.500.